The Labute approximate surface area is 76.2 Å². The highest BCUT2D eigenvalue weighted by atomic mass is 16.3. The second-order valence-corrected chi connectivity index (χ2v) is 3.35. The lowest BCUT2D eigenvalue weighted by Crippen LogP contribution is -2.15. The zero-order valence-corrected chi connectivity index (χ0v) is 7.21. The van der Waals surface area contributed by atoms with E-state index in [9.17, 15) is 9.90 Å². The number of hydrogen-bond acceptors (Lipinski definition) is 3. The molecule has 0 saturated carbocycles. The van der Waals surface area contributed by atoms with Crippen LogP contribution in [0.1, 0.15) is 17.5 Å². The van der Waals surface area contributed by atoms with Crippen LogP contribution in [0.15, 0.2) is 12.1 Å². The maximum atomic E-state index is 11.2. The molecule has 0 spiro atoms. The van der Waals surface area contributed by atoms with Crippen LogP contribution < -0.4 is 5.73 Å². The molecule has 3 heteroatoms. The number of nitrogens with two attached hydrogens (primary N) is 1. The molecule has 1 aromatic carbocycles. The SMILES string of the molecule is Nc1c(O)ccc2c1CC(=O)CC2. The van der Waals surface area contributed by atoms with Crippen LogP contribution in [0.25, 0.3) is 0 Å². The van der Waals surface area contributed by atoms with Gasteiger partial charge in [0.25, 0.3) is 0 Å². The number of nitrogen functional groups attached to an aromatic ring is 1. The Morgan fingerprint density at radius 2 is 2.08 bits per heavy atom. The van der Waals surface area contributed by atoms with Gasteiger partial charge in [-0.25, -0.2) is 0 Å². The largest absolute Gasteiger partial charge is 0.506 e. The molecular formula is C10H11NO2. The van der Waals surface area contributed by atoms with Crippen LogP contribution in [0.4, 0.5) is 5.69 Å². The quantitative estimate of drug-likeness (QED) is 0.459. The van der Waals surface area contributed by atoms with Crippen molar-refractivity contribution in [1.29, 1.82) is 0 Å². The summed E-state index contributed by atoms with van der Waals surface area (Å²) >= 11 is 0. The van der Waals surface area contributed by atoms with Crippen molar-refractivity contribution in [2.24, 2.45) is 0 Å². The smallest absolute Gasteiger partial charge is 0.138 e. The molecule has 0 saturated heterocycles. The van der Waals surface area contributed by atoms with Gasteiger partial charge in [-0.15, -0.1) is 0 Å². The minimum absolute atomic E-state index is 0.0773. The summed E-state index contributed by atoms with van der Waals surface area (Å²) in [6.07, 6.45) is 1.71. The van der Waals surface area contributed by atoms with E-state index in [4.69, 9.17) is 5.73 Å². The van der Waals surface area contributed by atoms with E-state index < -0.39 is 0 Å². The van der Waals surface area contributed by atoms with Crippen molar-refractivity contribution >= 4 is 11.5 Å². The van der Waals surface area contributed by atoms with Crippen molar-refractivity contribution in [2.75, 3.05) is 5.73 Å². The van der Waals surface area contributed by atoms with E-state index >= 15 is 0 Å². The molecule has 0 bridgehead atoms. The third-order valence-electron chi connectivity index (χ3n) is 2.48. The standard InChI is InChI=1S/C10H11NO2/c11-10-8-5-7(12)3-1-6(8)2-4-9(10)13/h2,4,13H,1,3,5,11H2. The van der Waals surface area contributed by atoms with E-state index in [2.05, 4.69) is 0 Å². The molecule has 0 amide bonds. The van der Waals surface area contributed by atoms with Crippen LogP contribution >= 0.6 is 0 Å². The van der Waals surface area contributed by atoms with Crippen LogP contribution in [0, 0.1) is 0 Å². The highest BCUT2D eigenvalue weighted by Crippen LogP contribution is 2.31. The summed E-state index contributed by atoms with van der Waals surface area (Å²) < 4.78 is 0. The van der Waals surface area contributed by atoms with Crippen LogP contribution in [0.3, 0.4) is 0 Å². The third-order valence-corrected chi connectivity index (χ3v) is 2.48. The second-order valence-electron chi connectivity index (χ2n) is 3.35. The molecule has 1 aliphatic carbocycles. The Balaban J connectivity index is 2.54. The summed E-state index contributed by atoms with van der Waals surface area (Å²) in [5.41, 5.74) is 7.94. The molecule has 1 aromatic rings. The number of phenols is 1. The van der Waals surface area contributed by atoms with E-state index in [1.165, 1.54) is 0 Å². The molecular weight excluding hydrogens is 166 g/mol. The number of anilines is 1. The van der Waals surface area contributed by atoms with Crippen molar-refractivity contribution < 1.29 is 9.90 Å². The number of aromatic hydroxyl groups is 1. The molecule has 0 fully saturated rings. The van der Waals surface area contributed by atoms with Crippen molar-refractivity contribution in [2.45, 2.75) is 19.3 Å². The normalized spacial score (nSPS) is 15.5. The van der Waals surface area contributed by atoms with Crippen molar-refractivity contribution in [3.05, 3.63) is 23.3 Å². The summed E-state index contributed by atoms with van der Waals surface area (Å²) in [5, 5.41) is 9.33. The molecule has 2 rings (SSSR count). The van der Waals surface area contributed by atoms with Gasteiger partial charge in [0.05, 0.1) is 5.69 Å². The number of phenolic OH excluding ortho intramolecular Hbond substituents is 1. The Kier molecular flexibility index (Phi) is 1.72. The molecule has 0 unspecified atom stereocenters. The summed E-state index contributed by atoms with van der Waals surface area (Å²) in [7, 11) is 0. The molecule has 1 aliphatic rings. The molecule has 0 radical (unpaired) electrons. The number of fused-ring (bicyclic) bond motifs is 1. The first-order valence-electron chi connectivity index (χ1n) is 4.29. The molecule has 13 heavy (non-hydrogen) atoms. The number of hydrogen-bond donors (Lipinski definition) is 2. The Bertz CT molecular complexity index is 371. The van der Waals surface area contributed by atoms with Crippen LogP contribution in [-0.2, 0) is 17.6 Å². The van der Waals surface area contributed by atoms with Crippen molar-refractivity contribution in [1.82, 2.24) is 0 Å². The van der Waals surface area contributed by atoms with Crippen LogP contribution in [0.5, 0.6) is 5.75 Å². The molecule has 3 nitrogen and oxygen atoms in total. The van der Waals surface area contributed by atoms with E-state index in [0.29, 0.717) is 18.5 Å². The first-order valence-corrected chi connectivity index (χ1v) is 4.29. The minimum atomic E-state index is 0.0773. The number of carbonyl (C=O) groups excluding carboxylic acids is 1. The summed E-state index contributed by atoms with van der Waals surface area (Å²) in [4.78, 5) is 11.2. The third kappa shape index (κ3) is 1.26. The fourth-order valence-electron chi connectivity index (χ4n) is 1.70. The lowest BCUT2D eigenvalue weighted by Gasteiger charge is -2.17. The topological polar surface area (TPSA) is 63.3 Å². The number of benzene rings is 1. The molecule has 0 aliphatic heterocycles. The van der Waals surface area contributed by atoms with Gasteiger partial charge in [-0.05, 0) is 23.6 Å². The fourth-order valence-corrected chi connectivity index (χ4v) is 1.70. The number of aryl methyl sites for hydroxylation is 1. The number of Topliss-reactive ketones (excluding diaryl/α,β-unsaturated/α-hetero) is 1. The van der Waals surface area contributed by atoms with Gasteiger partial charge in [0.1, 0.15) is 11.5 Å². The van der Waals surface area contributed by atoms with E-state index in [-0.39, 0.29) is 11.5 Å². The van der Waals surface area contributed by atoms with Crippen molar-refractivity contribution in [3.63, 3.8) is 0 Å². The van der Waals surface area contributed by atoms with Gasteiger partial charge in [0.15, 0.2) is 0 Å². The van der Waals surface area contributed by atoms with Crippen LogP contribution in [0.2, 0.25) is 0 Å². The average Bonchev–Trinajstić information content (AvgIpc) is 2.12. The van der Waals surface area contributed by atoms with Gasteiger partial charge in [-0.2, -0.15) is 0 Å². The molecule has 0 aromatic heterocycles. The zero-order chi connectivity index (χ0) is 9.42. The van der Waals surface area contributed by atoms with E-state index in [1.54, 1.807) is 6.07 Å². The lowest BCUT2D eigenvalue weighted by molar-refractivity contribution is -0.118. The minimum Gasteiger partial charge on any atom is -0.506 e. The van der Waals surface area contributed by atoms with Gasteiger partial charge in [-0.1, -0.05) is 6.07 Å². The monoisotopic (exact) mass is 177 g/mol. The zero-order valence-electron chi connectivity index (χ0n) is 7.21. The summed E-state index contributed by atoms with van der Waals surface area (Å²) in [5.74, 6) is 0.276. The Morgan fingerprint density at radius 1 is 1.31 bits per heavy atom. The maximum Gasteiger partial charge on any atom is 0.138 e. The van der Waals surface area contributed by atoms with E-state index in [0.717, 1.165) is 17.5 Å². The number of ketones is 1. The first-order chi connectivity index (χ1) is 6.18. The summed E-state index contributed by atoms with van der Waals surface area (Å²) in [6, 6.07) is 3.43. The predicted molar refractivity (Wildman–Crippen MR) is 49.6 cm³/mol. The second kappa shape index (κ2) is 2.76. The van der Waals surface area contributed by atoms with Crippen LogP contribution in [-0.4, -0.2) is 10.9 Å². The molecule has 68 valence electrons. The number of carbonyl (C=O) groups is 1. The van der Waals surface area contributed by atoms with Gasteiger partial charge < -0.3 is 10.8 Å². The van der Waals surface area contributed by atoms with Gasteiger partial charge in [-0.3, -0.25) is 4.79 Å². The predicted octanol–water partition coefficient (Wildman–Crippen LogP) is 1.03. The van der Waals surface area contributed by atoms with Gasteiger partial charge in [0.2, 0.25) is 0 Å². The Hall–Kier alpha value is -1.51. The highest BCUT2D eigenvalue weighted by Gasteiger charge is 2.18. The van der Waals surface area contributed by atoms with E-state index in [1.807, 2.05) is 6.07 Å². The molecule has 0 atom stereocenters. The fraction of sp³-hybridized carbons (Fsp3) is 0.300. The average molecular weight is 177 g/mol. The molecule has 3 N–H and O–H groups in total. The number of rotatable bonds is 0. The van der Waals surface area contributed by atoms with Gasteiger partial charge in [0, 0.05) is 12.8 Å². The highest BCUT2D eigenvalue weighted by molar-refractivity contribution is 5.85. The molecule has 0 heterocycles. The first kappa shape index (κ1) is 8.10. The lowest BCUT2D eigenvalue weighted by atomic mass is 9.89. The summed E-state index contributed by atoms with van der Waals surface area (Å²) in [6.45, 7) is 0. The van der Waals surface area contributed by atoms with Gasteiger partial charge >= 0.3 is 0 Å². The Morgan fingerprint density at radius 3 is 2.85 bits per heavy atom. The van der Waals surface area contributed by atoms with Crippen molar-refractivity contribution in [3.8, 4) is 5.75 Å². The maximum absolute atomic E-state index is 11.2.